The van der Waals surface area contributed by atoms with E-state index in [0.29, 0.717) is 18.5 Å². The molecule has 0 aromatic heterocycles. The first-order valence-electron chi connectivity index (χ1n) is 6.36. The Morgan fingerprint density at radius 3 is 1.65 bits per heavy atom. The summed E-state index contributed by atoms with van der Waals surface area (Å²) in [5.41, 5.74) is 0. The molecule has 0 aliphatic heterocycles. The number of rotatable bonds is 6. The summed E-state index contributed by atoms with van der Waals surface area (Å²) in [5.74, 6) is -1.13. The van der Waals surface area contributed by atoms with Crippen molar-refractivity contribution in [2.45, 2.75) is 53.8 Å². The summed E-state index contributed by atoms with van der Waals surface area (Å²) in [6.07, 6.45) is -4.08. The Morgan fingerprint density at radius 2 is 1.35 bits per heavy atom. The van der Waals surface area contributed by atoms with Gasteiger partial charge < -0.3 is 4.90 Å². The van der Waals surface area contributed by atoms with Crippen LogP contribution >= 0.6 is 0 Å². The first-order chi connectivity index (χ1) is 7.55. The third-order valence-electron chi connectivity index (χ3n) is 3.22. The maximum absolute atomic E-state index is 12.6. The lowest BCUT2D eigenvalue weighted by molar-refractivity contribution is -0.183. The Balaban J connectivity index is 4.45. The zero-order valence-electron chi connectivity index (χ0n) is 11.8. The standard InChI is InChI=1S/C13H26F3N/c1-9(2)7-17(10(3)4)8-11(5)12(6)13(14,15)16/h9-12H,7-8H2,1-6H3. The molecule has 0 rings (SSSR count). The van der Waals surface area contributed by atoms with E-state index in [1.807, 2.05) is 13.8 Å². The summed E-state index contributed by atoms with van der Waals surface area (Å²) in [6.45, 7) is 12.6. The molecule has 0 radical (unpaired) electrons. The summed E-state index contributed by atoms with van der Waals surface area (Å²) < 4.78 is 37.8. The van der Waals surface area contributed by atoms with Gasteiger partial charge in [0.2, 0.25) is 0 Å². The van der Waals surface area contributed by atoms with Crippen LogP contribution in [0.3, 0.4) is 0 Å². The van der Waals surface area contributed by atoms with Crippen LogP contribution in [0.15, 0.2) is 0 Å². The largest absolute Gasteiger partial charge is 0.391 e. The van der Waals surface area contributed by atoms with Gasteiger partial charge in [-0.1, -0.05) is 27.7 Å². The maximum atomic E-state index is 12.6. The maximum Gasteiger partial charge on any atom is 0.391 e. The highest BCUT2D eigenvalue weighted by molar-refractivity contribution is 4.75. The van der Waals surface area contributed by atoms with Gasteiger partial charge >= 0.3 is 6.18 Å². The Hall–Kier alpha value is -0.250. The molecule has 2 atom stereocenters. The molecular formula is C13H26F3N. The molecule has 0 heterocycles. The Kier molecular flexibility index (Phi) is 6.52. The van der Waals surface area contributed by atoms with Crippen molar-refractivity contribution in [3.63, 3.8) is 0 Å². The average Bonchev–Trinajstić information content (AvgIpc) is 2.13. The highest BCUT2D eigenvalue weighted by Crippen LogP contribution is 2.32. The second kappa shape index (κ2) is 6.62. The first-order valence-corrected chi connectivity index (χ1v) is 6.36. The molecule has 0 fully saturated rings. The number of alkyl halides is 3. The van der Waals surface area contributed by atoms with Crippen LogP contribution in [0.1, 0.15) is 41.5 Å². The van der Waals surface area contributed by atoms with Gasteiger partial charge in [-0.05, 0) is 25.7 Å². The van der Waals surface area contributed by atoms with Gasteiger partial charge in [0.1, 0.15) is 0 Å². The summed E-state index contributed by atoms with van der Waals surface area (Å²) >= 11 is 0. The van der Waals surface area contributed by atoms with Crippen molar-refractivity contribution in [3.05, 3.63) is 0 Å². The number of halogens is 3. The first kappa shape index (κ1) is 16.8. The van der Waals surface area contributed by atoms with Crippen molar-refractivity contribution < 1.29 is 13.2 Å². The number of nitrogens with zero attached hydrogens (tertiary/aromatic N) is 1. The normalized spacial score (nSPS) is 16.9. The molecule has 0 aromatic rings. The zero-order valence-corrected chi connectivity index (χ0v) is 11.8. The molecule has 4 heteroatoms. The molecule has 0 bridgehead atoms. The summed E-state index contributed by atoms with van der Waals surface area (Å²) in [6, 6.07) is 0.292. The molecule has 0 aliphatic rings. The van der Waals surface area contributed by atoms with Crippen molar-refractivity contribution >= 4 is 0 Å². The van der Waals surface area contributed by atoms with Crippen LogP contribution in [0, 0.1) is 17.8 Å². The third kappa shape index (κ3) is 6.29. The molecule has 0 aromatic carbocycles. The van der Waals surface area contributed by atoms with Crippen LogP contribution in [-0.2, 0) is 0 Å². The van der Waals surface area contributed by atoms with E-state index in [1.54, 1.807) is 6.92 Å². The van der Waals surface area contributed by atoms with Crippen molar-refractivity contribution in [1.29, 1.82) is 0 Å². The molecular weight excluding hydrogens is 227 g/mol. The monoisotopic (exact) mass is 253 g/mol. The van der Waals surface area contributed by atoms with E-state index in [4.69, 9.17) is 0 Å². The fraction of sp³-hybridized carbons (Fsp3) is 1.00. The summed E-state index contributed by atoms with van der Waals surface area (Å²) in [4.78, 5) is 2.14. The fourth-order valence-corrected chi connectivity index (χ4v) is 1.82. The number of hydrogen-bond acceptors (Lipinski definition) is 1. The smallest absolute Gasteiger partial charge is 0.300 e. The molecule has 1 nitrogen and oxygen atoms in total. The van der Waals surface area contributed by atoms with Gasteiger partial charge in [-0.3, -0.25) is 0 Å². The molecule has 0 spiro atoms. The van der Waals surface area contributed by atoms with E-state index in [9.17, 15) is 13.2 Å². The third-order valence-corrected chi connectivity index (χ3v) is 3.22. The van der Waals surface area contributed by atoms with E-state index in [1.165, 1.54) is 6.92 Å². The van der Waals surface area contributed by atoms with Crippen LogP contribution < -0.4 is 0 Å². The molecule has 0 saturated carbocycles. The highest BCUT2D eigenvalue weighted by atomic mass is 19.4. The minimum atomic E-state index is -4.08. The quantitative estimate of drug-likeness (QED) is 0.686. The lowest BCUT2D eigenvalue weighted by Crippen LogP contribution is -2.41. The van der Waals surface area contributed by atoms with Crippen molar-refractivity contribution in [1.82, 2.24) is 4.90 Å². The zero-order chi connectivity index (χ0) is 13.8. The van der Waals surface area contributed by atoms with E-state index in [0.717, 1.165) is 6.54 Å². The molecule has 0 N–H and O–H groups in total. The minimum Gasteiger partial charge on any atom is -0.300 e. The van der Waals surface area contributed by atoms with Crippen LogP contribution in [0.4, 0.5) is 13.2 Å². The van der Waals surface area contributed by atoms with Crippen molar-refractivity contribution in [2.75, 3.05) is 13.1 Å². The fourth-order valence-electron chi connectivity index (χ4n) is 1.82. The van der Waals surface area contributed by atoms with Crippen LogP contribution in [0.2, 0.25) is 0 Å². The van der Waals surface area contributed by atoms with Gasteiger partial charge in [-0.25, -0.2) is 0 Å². The predicted molar refractivity (Wildman–Crippen MR) is 65.9 cm³/mol. The number of hydrogen-bond donors (Lipinski definition) is 0. The lowest BCUT2D eigenvalue weighted by atomic mass is 9.94. The Bertz CT molecular complexity index is 211. The van der Waals surface area contributed by atoms with E-state index in [2.05, 4.69) is 18.7 Å². The second-order valence-corrected chi connectivity index (χ2v) is 5.75. The van der Waals surface area contributed by atoms with Crippen LogP contribution in [-0.4, -0.2) is 30.2 Å². The summed E-state index contributed by atoms with van der Waals surface area (Å²) in [7, 11) is 0. The highest BCUT2D eigenvalue weighted by Gasteiger charge is 2.39. The molecule has 17 heavy (non-hydrogen) atoms. The van der Waals surface area contributed by atoms with Gasteiger partial charge in [0, 0.05) is 19.1 Å². The van der Waals surface area contributed by atoms with Gasteiger partial charge in [0.25, 0.3) is 0 Å². The molecule has 0 aliphatic carbocycles. The molecule has 0 saturated heterocycles. The van der Waals surface area contributed by atoms with Gasteiger partial charge in [-0.2, -0.15) is 13.2 Å². The Labute approximate surface area is 103 Å². The van der Waals surface area contributed by atoms with Crippen molar-refractivity contribution in [3.8, 4) is 0 Å². The van der Waals surface area contributed by atoms with E-state index >= 15 is 0 Å². The SMILES string of the molecule is CC(C)CN(CC(C)C(C)C(F)(F)F)C(C)C. The van der Waals surface area contributed by atoms with E-state index in [-0.39, 0.29) is 5.92 Å². The van der Waals surface area contributed by atoms with Crippen molar-refractivity contribution in [2.24, 2.45) is 17.8 Å². The molecule has 0 amide bonds. The summed E-state index contributed by atoms with van der Waals surface area (Å²) in [5, 5.41) is 0. The lowest BCUT2D eigenvalue weighted by Gasteiger charge is -2.33. The molecule has 104 valence electrons. The van der Waals surface area contributed by atoms with Gasteiger partial charge in [-0.15, -0.1) is 0 Å². The Morgan fingerprint density at radius 1 is 0.882 bits per heavy atom. The van der Waals surface area contributed by atoms with Gasteiger partial charge in [0.05, 0.1) is 5.92 Å². The predicted octanol–water partition coefficient (Wildman–Crippen LogP) is 4.19. The van der Waals surface area contributed by atoms with Crippen LogP contribution in [0.5, 0.6) is 0 Å². The second-order valence-electron chi connectivity index (χ2n) is 5.75. The topological polar surface area (TPSA) is 3.24 Å². The average molecular weight is 253 g/mol. The van der Waals surface area contributed by atoms with Crippen LogP contribution in [0.25, 0.3) is 0 Å². The van der Waals surface area contributed by atoms with E-state index < -0.39 is 12.1 Å². The minimum absolute atomic E-state index is 0.292. The molecule has 2 unspecified atom stereocenters. The van der Waals surface area contributed by atoms with Gasteiger partial charge in [0.15, 0.2) is 0 Å².